The van der Waals surface area contributed by atoms with Gasteiger partial charge in [-0.2, -0.15) is 0 Å². The Kier molecular flexibility index (Phi) is 6.00. The molecule has 0 aromatic rings. The molecular weight excluding hydrogens is 347 g/mol. The van der Waals surface area contributed by atoms with Crippen LogP contribution in [0, 0.1) is 5.92 Å². The van der Waals surface area contributed by atoms with Crippen LogP contribution in [0.3, 0.4) is 0 Å². The number of rotatable bonds is 4. The lowest BCUT2D eigenvalue weighted by atomic mass is 9.80. The number of ether oxygens (including phenoxy) is 1. The first-order valence-corrected chi connectivity index (χ1v) is 11.3. The molecule has 1 amide bonds. The second-order valence-corrected chi connectivity index (χ2v) is 10.1. The number of nitrogens with one attached hydrogen (secondary N) is 2. The topological polar surface area (TPSA) is 84.5 Å². The molecule has 1 saturated carbocycles. The lowest BCUT2D eigenvalue weighted by molar-refractivity contribution is -0.137. The van der Waals surface area contributed by atoms with Crippen LogP contribution in [-0.4, -0.2) is 50.5 Å². The minimum Gasteiger partial charge on any atom is -0.339 e. The first-order chi connectivity index (χ1) is 11.8. The van der Waals surface area contributed by atoms with Gasteiger partial charge in [0.15, 0.2) is 6.36 Å². The van der Waals surface area contributed by atoms with Crippen LogP contribution in [0.5, 0.6) is 0 Å². The molecule has 8 heteroatoms. The summed E-state index contributed by atoms with van der Waals surface area (Å²) in [6.07, 6.45) is 6.12. The molecule has 6 nitrogen and oxygen atoms in total. The van der Waals surface area contributed by atoms with Crippen LogP contribution >= 0.6 is 0 Å². The summed E-state index contributed by atoms with van der Waals surface area (Å²) >= 11 is 0. The number of alkyl halides is 1. The number of hydrogen-bond acceptors (Lipinski definition) is 5. The first-order valence-electron chi connectivity index (χ1n) is 9.38. The Morgan fingerprint density at radius 2 is 1.80 bits per heavy atom. The second kappa shape index (κ2) is 7.88. The molecule has 3 aliphatic rings. The highest BCUT2D eigenvalue weighted by Gasteiger charge is 2.36. The van der Waals surface area contributed by atoms with E-state index in [0.29, 0.717) is 18.4 Å². The Labute approximate surface area is 149 Å². The van der Waals surface area contributed by atoms with Crippen LogP contribution in [0.4, 0.5) is 4.39 Å². The molecule has 4 unspecified atom stereocenters. The van der Waals surface area contributed by atoms with Gasteiger partial charge in [0.1, 0.15) is 15.9 Å². The van der Waals surface area contributed by atoms with Gasteiger partial charge < -0.3 is 10.1 Å². The summed E-state index contributed by atoms with van der Waals surface area (Å²) in [5, 5.41) is 6.26. The van der Waals surface area contributed by atoms with E-state index in [1.165, 1.54) is 6.26 Å². The lowest BCUT2D eigenvalue weighted by Crippen LogP contribution is -2.56. The summed E-state index contributed by atoms with van der Waals surface area (Å²) in [6.45, 7) is 0. The molecule has 0 aromatic heterocycles. The Hall–Kier alpha value is -0.730. The van der Waals surface area contributed by atoms with Crippen molar-refractivity contribution < 1.29 is 22.3 Å². The Balaban J connectivity index is 1.48. The number of sulfone groups is 1. The standard InChI is InChI=1S/C17H29FN2O4S/c1-25(22,23)12-7-5-11(6-8-12)13-3-2-4-16(19-13)20-17(21)14-9-10-15(18)24-14/h11-16,19H,2-10H2,1H3,(H,20,21). The van der Waals surface area contributed by atoms with Gasteiger partial charge in [-0.15, -0.1) is 0 Å². The first kappa shape index (κ1) is 19.0. The van der Waals surface area contributed by atoms with Crippen molar-refractivity contribution in [2.75, 3.05) is 6.26 Å². The smallest absolute Gasteiger partial charge is 0.250 e. The molecule has 25 heavy (non-hydrogen) atoms. The minimum absolute atomic E-state index is 0.110. The van der Waals surface area contributed by atoms with Gasteiger partial charge in [0.05, 0.1) is 11.4 Å². The van der Waals surface area contributed by atoms with Crippen molar-refractivity contribution in [2.45, 2.75) is 87.7 Å². The molecule has 0 spiro atoms. The zero-order chi connectivity index (χ0) is 18.0. The molecule has 2 heterocycles. The molecule has 144 valence electrons. The maximum Gasteiger partial charge on any atom is 0.250 e. The van der Waals surface area contributed by atoms with Crippen molar-refractivity contribution in [1.29, 1.82) is 0 Å². The number of amides is 1. The number of piperidine rings is 1. The quantitative estimate of drug-likeness (QED) is 0.779. The van der Waals surface area contributed by atoms with Crippen molar-refractivity contribution in [3.8, 4) is 0 Å². The van der Waals surface area contributed by atoms with Gasteiger partial charge in [-0.25, -0.2) is 12.8 Å². The average molecular weight is 376 g/mol. The van der Waals surface area contributed by atoms with Crippen LogP contribution in [-0.2, 0) is 19.4 Å². The molecule has 2 saturated heterocycles. The Bertz CT molecular complexity index is 577. The third-order valence-corrected chi connectivity index (χ3v) is 7.58. The van der Waals surface area contributed by atoms with Crippen LogP contribution in [0.15, 0.2) is 0 Å². The third-order valence-electron chi connectivity index (χ3n) is 5.89. The number of halogens is 1. The highest BCUT2D eigenvalue weighted by Crippen LogP contribution is 2.33. The highest BCUT2D eigenvalue weighted by molar-refractivity contribution is 7.91. The molecule has 1 aliphatic carbocycles. The van der Waals surface area contributed by atoms with Crippen molar-refractivity contribution in [3.63, 3.8) is 0 Å². The van der Waals surface area contributed by atoms with Crippen LogP contribution in [0.2, 0.25) is 0 Å². The fraction of sp³-hybridized carbons (Fsp3) is 0.941. The van der Waals surface area contributed by atoms with Gasteiger partial charge in [-0.1, -0.05) is 0 Å². The van der Waals surface area contributed by atoms with Crippen molar-refractivity contribution in [3.05, 3.63) is 0 Å². The van der Waals surface area contributed by atoms with E-state index in [0.717, 1.165) is 44.9 Å². The van der Waals surface area contributed by atoms with Gasteiger partial charge in [0, 0.05) is 18.7 Å². The highest BCUT2D eigenvalue weighted by atomic mass is 32.2. The van der Waals surface area contributed by atoms with E-state index in [1.54, 1.807) is 0 Å². The van der Waals surface area contributed by atoms with E-state index in [9.17, 15) is 17.6 Å². The van der Waals surface area contributed by atoms with Crippen molar-refractivity contribution in [2.24, 2.45) is 5.92 Å². The van der Waals surface area contributed by atoms with E-state index >= 15 is 0 Å². The number of carbonyl (C=O) groups is 1. The van der Waals surface area contributed by atoms with Gasteiger partial charge >= 0.3 is 0 Å². The maximum atomic E-state index is 13.1. The molecule has 0 radical (unpaired) electrons. The summed E-state index contributed by atoms with van der Waals surface area (Å²) < 4.78 is 41.4. The predicted octanol–water partition coefficient (Wildman–Crippen LogP) is 1.65. The Morgan fingerprint density at radius 1 is 1.08 bits per heavy atom. The zero-order valence-corrected chi connectivity index (χ0v) is 15.6. The van der Waals surface area contributed by atoms with Crippen molar-refractivity contribution in [1.82, 2.24) is 10.6 Å². The summed E-state index contributed by atoms with van der Waals surface area (Å²) in [7, 11) is -2.94. The summed E-state index contributed by atoms with van der Waals surface area (Å²) in [5.74, 6) is 0.217. The summed E-state index contributed by atoms with van der Waals surface area (Å²) in [6, 6.07) is 0.304. The van der Waals surface area contributed by atoms with Crippen LogP contribution in [0.25, 0.3) is 0 Å². The number of hydrogen-bond donors (Lipinski definition) is 2. The molecule has 2 aliphatic heterocycles. The van der Waals surface area contributed by atoms with Gasteiger partial charge in [0.2, 0.25) is 5.91 Å². The van der Waals surface area contributed by atoms with Gasteiger partial charge in [-0.3, -0.25) is 10.1 Å². The van der Waals surface area contributed by atoms with E-state index in [-0.39, 0.29) is 23.7 Å². The van der Waals surface area contributed by atoms with E-state index in [2.05, 4.69) is 10.6 Å². The monoisotopic (exact) mass is 376 g/mol. The SMILES string of the molecule is CS(=O)(=O)C1CCC(C2CCCC(NC(=O)C3CCC(F)O3)N2)CC1. The summed E-state index contributed by atoms with van der Waals surface area (Å²) in [4.78, 5) is 12.2. The molecule has 2 N–H and O–H groups in total. The minimum atomic E-state index is -2.94. The third kappa shape index (κ3) is 4.92. The second-order valence-electron chi connectivity index (χ2n) is 7.74. The fourth-order valence-corrected chi connectivity index (χ4v) is 5.55. The predicted molar refractivity (Wildman–Crippen MR) is 92.3 cm³/mol. The lowest BCUT2D eigenvalue weighted by Gasteiger charge is -2.39. The van der Waals surface area contributed by atoms with E-state index in [1.807, 2.05) is 0 Å². The molecule has 0 aromatic carbocycles. The van der Waals surface area contributed by atoms with Crippen LogP contribution < -0.4 is 10.6 Å². The Morgan fingerprint density at radius 3 is 2.40 bits per heavy atom. The van der Waals surface area contributed by atoms with E-state index in [4.69, 9.17) is 4.74 Å². The normalized spacial score (nSPS) is 39.9. The zero-order valence-electron chi connectivity index (χ0n) is 14.7. The number of carbonyl (C=O) groups excluding carboxylic acids is 1. The molecular formula is C17H29FN2O4S. The van der Waals surface area contributed by atoms with Crippen LogP contribution in [0.1, 0.15) is 57.8 Å². The molecule has 3 rings (SSSR count). The fourth-order valence-electron chi connectivity index (χ4n) is 4.43. The van der Waals surface area contributed by atoms with Gasteiger partial charge in [0.25, 0.3) is 0 Å². The largest absolute Gasteiger partial charge is 0.339 e. The van der Waals surface area contributed by atoms with Crippen molar-refractivity contribution >= 4 is 15.7 Å². The van der Waals surface area contributed by atoms with E-state index < -0.39 is 22.3 Å². The van der Waals surface area contributed by atoms with Gasteiger partial charge in [-0.05, 0) is 57.3 Å². The summed E-state index contributed by atoms with van der Waals surface area (Å²) in [5.41, 5.74) is 0. The average Bonchev–Trinajstić information content (AvgIpc) is 3.01. The molecule has 4 atom stereocenters. The molecule has 0 bridgehead atoms. The maximum absolute atomic E-state index is 13.1. The molecule has 3 fully saturated rings.